The number of nitrogens with two attached hydrogens (primary N) is 1. The highest BCUT2D eigenvalue weighted by atomic mass is 35.5. The lowest BCUT2D eigenvalue weighted by Gasteiger charge is -2.50. The maximum atomic E-state index is 12.9. The van der Waals surface area contributed by atoms with Crippen molar-refractivity contribution in [2.24, 2.45) is 5.73 Å². The maximum absolute atomic E-state index is 12.9. The van der Waals surface area contributed by atoms with Crippen molar-refractivity contribution < 1.29 is 14.4 Å². The number of hydrogen-bond acceptors (Lipinski definition) is 5. The zero-order valence-electron chi connectivity index (χ0n) is 16.0. The number of benzene rings is 1. The van der Waals surface area contributed by atoms with Crippen molar-refractivity contribution in [3.05, 3.63) is 50.4 Å². The smallest absolute Gasteiger partial charge is 0.261 e. The van der Waals surface area contributed by atoms with Crippen LogP contribution in [0.3, 0.4) is 0 Å². The zero-order valence-corrected chi connectivity index (χ0v) is 18.4. The van der Waals surface area contributed by atoms with Crippen LogP contribution in [-0.2, 0) is 10.2 Å². The van der Waals surface area contributed by atoms with Gasteiger partial charge in [-0.1, -0.05) is 44.5 Å². The number of amides is 3. The van der Waals surface area contributed by atoms with Crippen molar-refractivity contribution in [3.63, 3.8) is 0 Å². The predicted molar refractivity (Wildman–Crippen MR) is 112 cm³/mol. The molecule has 0 bridgehead atoms. The van der Waals surface area contributed by atoms with Crippen molar-refractivity contribution in [2.45, 2.75) is 49.4 Å². The number of thiazole rings is 1. The van der Waals surface area contributed by atoms with E-state index in [0.717, 1.165) is 4.88 Å². The zero-order chi connectivity index (χ0) is 21.3. The van der Waals surface area contributed by atoms with Crippen molar-refractivity contribution in [1.82, 2.24) is 9.88 Å². The van der Waals surface area contributed by atoms with Crippen molar-refractivity contribution in [2.75, 3.05) is 0 Å². The second-order valence-corrected chi connectivity index (χ2v) is 10.5. The number of hydrogen-bond donors (Lipinski definition) is 1. The van der Waals surface area contributed by atoms with E-state index in [-0.39, 0.29) is 11.8 Å². The van der Waals surface area contributed by atoms with Gasteiger partial charge in [-0.05, 0) is 24.0 Å². The van der Waals surface area contributed by atoms with Crippen LogP contribution in [0.4, 0.5) is 0 Å². The van der Waals surface area contributed by atoms with E-state index in [1.54, 1.807) is 24.3 Å². The van der Waals surface area contributed by atoms with E-state index in [9.17, 15) is 14.4 Å². The van der Waals surface area contributed by atoms with E-state index in [0.29, 0.717) is 21.3 Å². The Hall–Kier alpha value is -1.96. The number of nitrogens with zero attached hydrogens (tertiary/aromatic N) is 2. The van der Waals surface area contributed by atoms with Gasteiger partial charge in [-0.2, -0.15) is 0 Å². The summed E-state index contributed by atoms with van der Waals surface area (Å²) in [6.07, 6.45) is 0.0715. The van der Waals surface area contributed by atoms with Gasteiger partial charge in [0, 0.05) is 4.88 Å². The standard InChI is InChI=1S/C20H19Cl2N3O3S/c1-19(2,3)13-14(21)24-15(29-13)12-11(8-20(12,22)18(23)28)25-16(26)9-6-4-5-7-10(9)17(25)27/h4-7,11-12H,8H2,1-3H3,(H2,23,28). The highest BCUT2D eigenvalue weighted by molar-refractivity contribution is 7.12. The Morgan fingerprint density at radius 1 is 1.24 bits per heavy atom. The van der Waals surface area contributed by atoms with Crippen LogP contribution in [0.25, 0.3) is 0 Å². The summed E-state index contributed by atoms with van der Waals surface area (Å²) in [5.74, 6) is -2.23. The number of rotatable bonds is 3. The second-order valence-electron chi connectivity index (χ2n) is 8.42. The summed E-state index contributed by atoms with van der Waals surface area (Å²) in [5.41, 5.74) is 6.01. The summed E-state index contributed by atoms with van der Waals surface area (Å²) < 4.78 is 0. The summed E-state index contributed by atoms with van der Waals surface area (Å²) in [7, 11) is 0. The number of aromatic nitrogens is 1. The lowest BCUT2D eigenvalue weighted by Crippen LogP contribution is -2.65. The number of fused-ring (bicyclic) bond motifs is 1. The topological polar surface area (TPSA) is 93.4 Å². The fourth-order valence-corrected chi connectivity index (χ4v) is 6.25. The lowest BCUT2D eigenvalue weighted by atomic mass is 9.67. The van der Waals surface area contributed by atoms with Crippen molar-refractivity contribution >= 4 is 52.3 Å². The summed E-state index contributed by atoms with van der Waals surface area (Å²) in [6.45, 7) is 6.00. The Kier molecular flexibility index (Phi) is 4.57. The quantitative estimate of drug-likeness (QED) is 0.568. The number of alkyl halides is 1. The van der Waals surface area contributed by atoms with E-state index >= 15 is 0 Å². The van der Waals surface area contributed by atoms with E-state index in [4.69, 9.17) is 28.9 Å². The monoisotopic (exact) mass is 451 g/mol. The molecule has 2 aliphatic rings. The molecule has 6 nitrogen and oxygen atoms in total. The van der Waals surface area contributed by atoms with Crippen LogP contribution < -0.4 is 5.73 Å². The van der Waals surface area contributed by atoms with E-state index in [1.165, 1.54) is 16.2 Å². The summed E-state index contributed by atoms with van der Waals surface area (Å²) in [6, 6.07) is 6.02. The van der Waals surface area contributed by atoms with Gasteiger partial charge in [0.05, 0.1) is 23.1 Å². The largest absolute Gasteiger partial charge is 0.368 e. The van der Waals surface area contributed by atoms with Crippen LogP contribution in [0.15, 0.2) is 24.3 Å². The molecule has 1 saturated carbocycles. The SMILES string of the molecule is CC(C)(C)c1sc(C2C(N3C(=O)c4ccccc4C3=O)CC2(Cl)C(N)=O)nc1Cl. The van der Waals surface area contributed by atoms with Crippen LogP contribution >= 0.6 is 34.5 Å². The molecule has 3 unspecified atom stereocenters. The maximum Gasteiger partial charge on any atom is 0.261 e. The third-order valence-electron chi connectivity index (χ3n) is 5.50. The van der Waals surface area contributed by atoms with Crippen molar-refractivity contribution in [3.8, 4) is 0 Å². The number of imide groups is 1. The van der Waals surface area contributed by atoms with Crippen LogP contribution in [0.1, 0.15) is 63.7 Å². The highest BCUT2D eigenvalue weighted by Gasteiger charge is 2.63. The molecule has 2 heterocycles. The van der Waals surface area contributed by atoms with Crippen LogP contribution in [0.2, 0.25) is 5.15 Å². The molecule has 2 N–H and O–H groups in total. The normalized spacial score (nSPS) is 26.4. The summed E-state index contributed by atoms with van der Waals surface area (Å²) in [4.78, 5) is 43.1. The molecule has 0 radical (unpaired) electrons. The average Bonchev–Trinajstić information content (AvgIpc) is 3.11. The Labute approximate surface area is 182 Å². The number of carbonyl (C=O) groups is 3. The first kappa shape index (κ1) is 20.3. The molecule has 1 aromatic carbocycles. The van der Waals surface area contributed by atoms with E-state index in [2.05, 4.69) is 4.98 Å². The number of primary amides is 1. The Morgan fingerprint density at radius 3 is 2.24 bits per heavy atom. The molecule has 29 heavy (non-hydrogen) atoms. The fraction of sp³-hybridized carbons (Fsp3) is 0.400. The molecule has 152 valence electrons. The van der Waals surface area contributed by atoms with Crippen LogP contribution in [0.5, 0.6) is 0 Å². The first-order valence-corrected chi connectivity index (χ1v) is 10.7. The molecule has 2 aromatic rings. The molecule has 3 atom stereocenters. The summed E-state index contributed by atoms with van der Waals surface area (Å²) in [5, 5.41) is 0.829. The fourth-order valence-electron chi connectivity index (χ4n) is 3.97. The molecule has 1 aliphatic heterocycles. The van der Waals surface area contributed by atoms with Gasteiger partial charge in [0.15, 0.2) is 0 Å². The summed E-state index contributed by atoms with van der Waals surface area (Å²) >= 11 is 14.3. The second kappa shape index (κ2) is 6.52. The molecule has 3 amide bonds. The van der Waals surface area contributed by atoms with Gasteiger partial charge in [-0.15, -0.1) is 22.9 Å². The number of carbonyl (C=O) groups excluding carboxylic acids is 3. The minimum absolute atomic E-state index is 0.0715. The Bertz CT molecular complexity index is 1030. The average molecular weight is 452 g/mol. The molecule has 0 spiro atoms. The van der Waals surface area contributed by atoms with Gasteiger partial charge >= 0.3 is 0 Å². The molecule has 0 saturated heterocycles. The minimum Gasteiger partial charge on any atom is -0.368 e. The molecule has 1 fully saturated rings. The molecule has 9 heteroatoms. The first-order valence-electron chi connectivity index (χ1n) is 9.09. The Balaban J connectivity index is 1.77. The van der Waals surface area contributed by atoms with Gasteiger partial charge in [0.2, 0.25) is 5.91 Å². The van der Waals surface area contributed by atoms with E-state index < -0.39 is 34.6 Å². The van der Waals surface area contributed by atoms with Gasteiger partial charge in [-0.25, -0.2) is 4.98 Å². The van der Waals surface area contributed by atoms with Crippen molar-refractivity contribution in [1.29, 1.82) is 0 Å². The molecular formula is C20H19Cl2N3O3S. The highest BCUT2D eigenvalue weighted by Crippen LogP contribution is 2.56. The molecule has 1 aromatic heterocycles. The first-order chi connectivity index (χ1) is 13.5. The van der Waals surface area contributed by atoms with Gasteiger partial charge in [0.25, 0.3) is 11.8 Å². The minimum atomic E-state index is -1.43. The number of halogens is 2. The molecule has 4 rings (SSSR count). The van der Waals surface area contributed by atoms with E-state index in [1.807, 2.05) is 20.8 Å². The van der Waals surface area contributed by atoms with Gasteiger partial charge < -0.3 is 5.73 Å². The molecule has 1 aliphatic carbocycles. The predicted octanol–water partition coefficient (Wildman–Crippen LogP) is 3.71. The third-order valence-corrected chi connectivity index (χ3v) is 8.03. The third kappa shape index (κ3) is 2.90. The van der Waals surface area contributed by atoms with Crippen LogP contribution in [-0.4, -0.2) is 38.5 Å². The lowest BCUT2D eigenvalue weighted by molar-refractivity contribution is -0.125. The Morgan fingerprint density at radius 2 is 1.79 bits per heavy atom. The van der Waals surface area contributed by atoms with Gasteiger partial charge in [0.1, 0.15) is 15.0 Å². The van der Waals surface area contributed by atoms with Crippen LogP contribution in [0, 0.1) is 0 Å². The van der Waals surface area contributed by atoms with Gasteiger partial charge in [-0.3, -0.25) is 19.3 Å². The molecular weight excluding hydrogens is 433 g/mol.